The number of carbonyl (C=O) groups is 2. The third kappa shape index (κ3) is 4.73. The largest absolute Gasteiger partial charge is 0.481 e. The van der Waals surface area contributed by atoms with Crippen molar-refractivity contribution < 1.29 is 14.7 Å². The highest BCUT2D eigenvalue weighted by Gasteiger charge is 2.29. The van der Waals surface area contributed by atoms with Gasteiger partial charge < -0.3 is 15.7 Å². The number of carboxylic acids is 1. The van der Waals surface area contributed by atoms with Gasteiger partial charge in [0, 0.05) is 12.6 Å². The summed E-state index contributed by atoms with van der Waals surface area (Å²) in [6.45, 7) is 5.49. The van der Waals surface area contributed by atoms with Crippen LogP contribution in [-0.2, 0) is 4.79 Å². The summed E-state index contributed by atoms with van der Waals surface area (Å²) in [6, 6.07) is -0.0219. The third-order valence-corrected chi connectivity index (χ3v) is 4.02. The molecule has 5 heteroatoms. The average Bonchev–Trinajstić information content (AvgIpc) is 2.37. The zero-order valence-corrected chi connectivity index (χ0v) is 12.2. The number of carbonyl (C=O) groups excluding carboxylic acids is 1. The first kappa shape index (κ1) is 15.8. The molecule has 0 saturated heterocycles. The predicted octanol–water partition coefficient (Wildman–Crippen LogP) is 2.37. The van der Waals surface area contributed by atoms with Crippen LogP contribution in [0.2, 0.25) is 0 Å². The van der Waals surface area contributed by atoms with Gasteiger partial charge in [0.2, 0.25) is 0 Å². The highest BCUT2D eigenvalue weighted by atomic mass is 16.4. The van der Waals surface area contributed by atoms with E-state index in [1.54, 1.807) is 13.8 Å². The Kier molecular flexibility index (Phi) is 5.63. The van der Waals surface area contributed by atoms with E-state index in [1.807, 2.05) is 0 Å². The van der Waals surface area contributed by atoms with Gasteiger partial charge in [0.05, 0.1) is 5.41 Å². The molecule has 1 rings (SSSR count). The van der Waals surface area contributed by atoms with Crippen LogP contribution in [-0.4, -0.2) is 29.7 Å². The number of hydrogen-bond donors (Lipinski definition) is 3. The molecule has 2 unspecified atom stereocenters. The van der Waals surface area contributed by atoms with Crippen LogP contribution in [0.4, 0.5) is 4.79 Å². The van der Waals surface area contributed by atoms with Crippen LogP contribution in [0, 0.1) is 11.3 Å². The van der Waals surface area contributed by atoms with Crippen molar-refractivity contribution >= 4 is 12.0 Å². The van der Waals surface area contributed by atoms with Crippen molar-refractivity contribution in [2.45, 2.75) is 58.9 Å². The summed E-state index contributed by atoms with van der Waals surface area (Å²) in [6.07, 6.45) is 5.66. The minimum absolute atomic E-state index is 0.137. The van der Waals surface area contributed by atoms with E-state index in [4.69, 9.17) is 5.11 Å². The van der Waals surface area contributed by atoms with Gasteiger partial charge in [-0.3, -0.25) is 4.79 Å². The first-order valence-corrected chi connectivity index (χ1v) is 7.14. The third-order valence-electron chi connectivity index (χ3n) is 4.02. The van der Waals surface area contributed by atoms with E-state index in [9.17, 15) is 9.59 Å². The van der Waals surface area contributed by atoms with Crippen molar-refractivity contribution in [2.24, 2.45) is 11.3 Å². The van der Waals surface area contributed by atoms with Gasteiger partial charge in [-0.25, -0.2) is 4.79 Å². The lowest BCUT2D eigenvalue weighted by atomic mass is 9.83. The minimum Gasteiger partial charge on any atom is -0.481 e. The van der Waals surface area contributed by atoms with Crippen LogP contribution >= 0.6 is 0 Å². The Bertz CT molecular complexity index is 329. The van der Waals surface area contributed by atoms with Gasteiger partial charge in [0.15, 0.2) is 0 Å². The van der Waals surface area contributed by atoms with Crippen LogP contribution < -0.4 is 10.6 Å². The number of nitrogens with one attached hydrogen (secondary N) is 2. The number of aliphatic carboxylic acids is 1. The molecule has 2 amide bonds. The molecule has 0 radical (unpaired) electrons. The molecule has 1 aliphatic carbocycles. The fourth-order valence-electron chi connectivity index (χ4n) is 2.48. The first-order valence-electron chi connectivity index (χ1n) is 7.14. The Balaban J connectivity index is 2.40. The molecule has 0 aliphatic heterocycles. The van der Waals surface area contributed by atoms with E-state index < -0.39 is 11.4 Å². The summed E-state index contributed by atoms with van der Waals surface area (Å²) in [4.78, 5) is 22.8. The number of urea groups is 1. The van der Waals surface area contributed by atoms with Crippen molar-refractivity contribution in [3.63, 3.8) is 0 Å². The average molecular weight is 270 g/mol. The molecular weight excluding hydrogens is 244 g/mol. The molecule has 1 saturated carbocycles. The number of hydrogen-bond acceptors (Lipinski definition) is 2. The summed E-state index contributed by atoms with van der Waals surface area (Å²) in [5.74, 6) is -0.358. The minimum atomic E-state index is -0.936. The Labute approximate surface area is 115 Å². The fraction of sp³-hybridized carbons (Fsp3) is 0.857. The standard InChI is InChI=1S/C14H26N2O3/c1-4-10-7-5-6-8-11(10)16-13(19)15-9-14(2,3)12(17)18/h10-11H,4-9H2,1-3H3,(H,17,18)(H2,15,16,19). The zero-order valence-electron chi connectivity index (χ0n) is 12.2. The molecule has 0 aromatic heterocycles. The molecular formula is C14H26N2O3. The predicted molar refractivity (Wildman–Crippen MR) is 74.0 cm³/mol. The molecule has 0 bridgehead atoms. The second kappa shape index (κ2) is 6.78. The summed E-state index contributed by atoms with van der Waals surface area (Å²) < 4.78 is 0. The van der Waals surface area contributed by atoms with Gasteiger partial charge in [-0.15, -0.1) is 0 Å². The second-order valence-electron chi connectivity index (χ2n) is 6.08. The lowest BCUT2D eigenvalue weighted by Crippen LogP contribution is -2.49. The van der Waals surface area contributed by atoms with Gasteiger partial charge in [0.25, 0.3) is 0 Å². The molecule has 0 spiro atoms. The molecule has 0 heterocycles. The van der Waals surface area contributed by atoms with Gasteiger partial charge in [-0.1, -0.05) is 26.2 Å². The molecule has 1 fully saturated rings. The van der Waals surface area contributed by atoms with Crippen molar-refractivity contribution in [1.82, 2.24) is 10.6 Å². The van der Waals surface area contributed by atoms with Gasteiger partial charge in [0.1, 0.15) is 0 Å². The molecule has 5 nitrogen and oxygen atoms in total. The number of rotatable bonds is 5. The summed E-state index contributed by atoms with van der Waals surface area (Å²) in [5, 5.41) is 14.6. The second-order valence-corrected chi connectivity index (χ2v) is 6.08. The van der Waals surface area contributed by atoms with Crippen LogP contribution in [0.25, 0.3) is 0 Å². The van der Waals surface area contributed by atoms with Crippen LogP contribution in [0.15, 0.2) is 0 Å². The summed E-state index contributed by atoms with van der Waals surface area (Å²) in [5.41, 5.74) is -0.936. The lowest BCUT2D eigenvalue weighted by Gasteiger charge is -2.31. The van der Waals surface area contributed by atoms with Gasteiger partial charge >= 0.3 is 12.0 Å². The monoisotopic (exact) mass is 270 g/mol. The van der Waals surface area contributed by atoms with Crippen LogP contribution in [0.3, 0.4) is 0 Å². The maximum atomic E-state index is 11.8. The highest BCUT2D eigenvalue weighted by Crippen LogP contribution is 2.26. The molecule has 0 aromatic carbocycles. The smallest absolute Gasteiger partial charge is 0.315 e. The van der Waals surface area contributed by atoms with E-state index >= 15 is 0 Å². The maximum absolute atomic E-state index is 11.8. The molecule has 19 heavy (non-hydrogen) atoms. The normalized spacial score (nSPS) is 23.7. The van der Waals surface area contributed by atoms with E-state index in [-0.39, 0.29) is 18.6 Å². The first-order chi connectivity index (χ1) is 8.86. The molecule has 1 aliphatic rings. The fourth-order valence-corrected chi connectivity index (χ4v) is 2.48. The molecule has 110 valence electrons. The molecule has 0 aromatic rings. The Morgan fingerprint density at radius 2 is 1.89 bits per heavy atom. The topological polar surface area (TPSA) is 78.4 Å². The summed E-state index contributed by atoms with van der Waals surface area (Å²) in [7, 11) is 0. The molecule has 3 N–H and O–H groups in total. The Hall–Kier alpha value is -1.26. The van der Waals surface area contributed by atoms with Crippen molar-refractivity contribution in [3.05, 3.63) is 0 Å². The maximum Gasteiger partial charge on any atom is 0.315 e. The van der Waals surface area contributed by atoms with Crippen molar-refractivity contribution in [3.8, 4) is 0 Å². The lowest BCUT2D eigenvalue weighted by molar-refractivity contribution is -0.146. The van der Waals surface area contributed by atoms with Crippen LogP contribution in [0.5, 0.6) is 0 Å². The van der Waals surface area contributed by atoms with Crippen molar-refractivity contribution in [2.75, 3.05) is 6.54 Å². The quantitative estimate of drug-likeness (QED) is 0.717. The van der Waals surface area contributed by atoms with Crippen molar-refractivity contribution in [1.29, 1.82) is 0 Å². The SMILES string of the molecule is CCC1CCCCC1NC(=O)NCC(C)(C)C(=O)O. The zero-order chi connectivity index (χ0) is 14.5. The van der Waals surface area contributed by atoms with E-state index in [0.717, 1.165) is 19.3 Å². The number of amides is 2. The van der Waals surface area contributed by atoms with Crippen LogP contribution in [0.1, 0.15) is 52.9 Å². The summed E-state index contributed by atoms with van der Waals surface area (Å²) >= 11 is 0. The highest BCUT2D eigenvalue weighted by molar-refractivity contribution is 5.77. The number of carboxylic acid groups (broad SMARTS) is 1. The molecule has 2 atom stereocenters. The van der Waals surface area contributed by atoms with E-state index in [2.05, 4.69) is 17.6 Å². The van der Waals surface area contributed by atoms with Gasteiger partial charge in [-0.05, 0) is 32.6 Å². The van der Waals surface area contributed by atoms with E-state index in [1.165, 1.54) is 12.8 Å². The Morgan fingerprint density at radius 1 is 1.26 bits per heavy atom. The Morgan fingerprint density at radius 3 is 2.47 bits per heavy atom. The van der Waals surface area contributed by atoms with E-state index in [0.29, 0.717) is 5.92 Å². The van der Waals surface area contributed by atoms with Gasteiger partial charge in [-0.2, -0.15) is 0 Å².